The van der Waals surface area contributed by atoms with Gasteiger partial charge in [0.05, 0.1) is 6.10 Å². The molecule has 1 atom stereocenters. The van der Waals surface area contributed by atoms with Crippen LogP contribution in [0.1, 0.15) is 29.8 Å². The summed E-state index contributed by atoms with van der Waals surface area (Å²) < 4.78 is 6.27. The van der Waals surface area contributed by atoms with E-state index in [1.54, 1.807) is 0 Å². The maximum Gasteiger partial charge on any atom is 0.251 e. The second-order valence-corrected chi connectivity index (χ2v) is 4.85. The molecule has 0 aromatic heterocycles. The van der Waals surface area contributed by atoms with Crippen molar-refractivity contribution in [2.75, 3.05) is 13.2 Å². The minimum atomic E-state index is -0.0599. The summed E-state index contributed by atoms with van der Waals surface area (Å²) in [6.07, 6.45) is 0.0383. The van der Waals surface area contributed by atoms with Gasteiger partial charge in [-0.05, 0) is 38.5 Å². The van der Waals surface area contributed by atoms with E-state index < -0.39 is 0 Å². The minimum Gasteiger partial charge on any atom is -0.377 e. The van der Waals surface area contributed by atoms with Crippen LogP contribution < -0.4 is 5.32 Å². The molecule has 1 aromatic carbocycles. The maximum absolute atomic E-state index is 11.9. The molecule has 0 radical (unpaired) electrons. The van der Waals surface area contributed by atoms with Crippen molar-refractivity contribution < 1.29 is 9.53 Å². The minimum absolute atomic E-state index is 0.0383. The molecule has 17 heavy (non-hydrogen) atoms. The Kier molecular flexibility index (Phi) is 5.65. The van der Waals surface area contributed by atoms with Crippen LogP contribution in [0.15, 0.2) is 22.7 Å². The number of rotatable bonds is 5. The fourth-order valence-electron chi connectivity index (χ4n) is 1.51. The normalized spacial score (nSPS) is 12.2. The van der Waals surface area contributed by atoms with Crippen molar-refractivity contribution in [3.05, 3.63) is 33.8 Å². The smallest absolute Gasteiger partial charge is 0.251 e. The largest absolute Gasteiger partial charge is 0.377 e. The van der Waals surface area contributed by atoms with Crippen molar-refractivity contribution in [1.82, 2.24) is 5.32 Å². The molecule has 1 unspecified atom stereocenters. The molecule has 0 aliphatic rings. The number of ether oxygens (including phenoxy) is 1. The Hall–Kier alpha value is -0.870. The Morgan fingerprint density at radius 2 is 2.24 bits per heavy atom. The van der Waals surface area contributed by atoms with Crippen LogP contribution in [-0.2, 0) is 4.74 Å². The molecule has 0 heterocycles. The molecule has 0 aliphatic carbocycles. The SMILES string of the molecule is CCOC(C)CNC(=O)c1cc(Br)ccc1C. The maximum atomic E-state index is 11.9. The Bertz CT molecular complexity index is 393. The van der Waals surface area contributed by atoms with Gasteiger partial charge >= 0.3 is 0 Å². The highest BCUT2D eigenvalue weighted by Crippen LogP contribution is 2.15. The summed E-state index contributed by atoms with van der Waals surface area (Å²) in [6, 6.07) is 5.68. The average molecular weight is 300 g/mol. The predicted octanol–water partition coefficient (Wildman–Crippen LogP) is 2.91. The van der Waals surface area contributed by atoms with E-state index in [4.69, 9.17) is 4.74 Å². The van der Waals surface area contributed by atoms with E-state index in [1.807, 2.05) is 39.0 Å². The molecule has 4 heteroatoms. The first-order valence-electron chi connectivity index (χ1n) is 5.70. The topological polar surface area (TPSA) is 38.3 Å². The number of benzene rings is 1. The highest BCUT2D eigenvalue weighted by Gasteiger charge is 2.10. The summed E-state index contributed by atoms with van der Waals surface area (Å²) >= 11 is 3.36. The Labute approximate surface area is 111 Å². The fourth-order valence-corrected chi connectivity index (χ4v) is 1.88. The van der Waals surface area contributed by atoms with Crippen LogP contribution in [0.25, 0.3) is 0 Å². The number of hydrogen-bond acceptors (Lipinski definition) is 2. The highest BCUT2D eigenvalue weighted by molar-refractivity contribution is 9.10. The van der Waals surface area contributed by atoms with Gasteiger partial charge in [0.1, 0.15) is 0 Å². The van der Waals surface area contributed by atoms with Crippen LogP contribution in [0.4, 0.5) is 0 Å². The molecule has 1 N–H and O–H groups in total. The number of hydrogen-bond donors (Lipinski definition) is 1. The lowest BCUT2D eigenvalue weighted by Gasteiger charge is -2.13. The molecular formula is C13H18BrNO2. The number of amides is 1. The molecule has 94 valence electrons. The van der Waals surface area contributed by atoms with Gasteiger partial charge in [-0.15, -0.1) is 0 Å². The molecule has 1 amide bonds. The molecule has 0 saturated heterocycles. The predicted molar refractivity (Wildman–Crippen MR) is 72.3 cm³/mol. The van der Waals surface area contributed by atoms with Crippen molar-refractivity contribution >= 4 is 21.8 Å². The van der Waals surface area contributed by atoms with Gasteiger partial charge in [0.25, 0.3) is 5.91 Å². The van der Waals surface area contributed by atoms with Crippen molar-refractivity contribution in [3.63, 3.8) is 0 Å². The second-order valence-electron chi connectivity index (χ2n) is 3.94. The van der Waals surface area contributed by atoms with Crippen molar-refractivity contribution in [3.8, 4) is 0 Å². The third kappa shape index (κ3) is 4.48. The zero-order valence-corrected chi connectivity index (χ0v) is 12.0. The van der Waals surface area contributed by atoms with Crippen LogP contribution in [-0.4, -0.2) is 25.2 Å². The molecule has 0 aliphatic heterocycles. The molecule has 1 rings (SSSR count). The molecular weight excluding hydrogens is 282 g/mol. The number of nitrogens with one attached hydrogen (secondary N) is 1. The van der Waals surface area contributed by atoms with Crippen molar-refractivity contribution in [2.45, 2.75) is 26.9 Å². The van der Waals surface area contributed by atoms with Crippen LogP contribution in [0.2, 0.25) is 0 Å². The van der Waals surface area contributed by atoms with Crippen molar-refractivity contribution in [1.29, 1.82) is 0 Å². The van der Waals surface area contributed by atoms with Gasteiger partial charge in [-0.25, -0.2) is 0 Å². The second kappa shape index (κ2) is 6.77. The van der Waals surface area contributed by atoms with Gasteiger partial charge in [0, 0.05) is 23.2 Å². The summed E-state index contributed by atoms with van der Waals surface area (Å²) in [5.74, 6) is -0.0599. The molecule has 3 nitrogen and oxygen atoms in total. The third-order valence-corrected chi connectivity index (χ3v) is 2.94. The van der Waals surface area contributed by atoms with E-state index in [0.29, 0.717) is 18.7 Å². The molecule has 0 saturated carbocycles. The quantitative estimate of drug-likeness (QED) is 0.908. The van der Waals surface area contributed by atoms with Gasteiger partial charge in [0.15, 0.2) is 0 Å². The third-order valence-electron chi connectivity index (χ3n) is 2.45. The van der Waals surface area contributed by atoms with Gasteiger partial charge in [-0.1, -0.05) is 22.0 Å². The van der Waals surface area contributed by atoms with Crippen LogP contribution >= 0.6 is 15.9 Å². The number of carbonyl (C=O) groups excluding carboxylic acids is 1. The zero-order chi connectivity index (χ0) is 12.8. The van der Waals surface area contributed by atoms with E-state index in [1.165, 1.54) is 0 Å². The van der Waals surface area contributed by atoms with E-state index in [0.717, 1.165) is 10.0 Å². The summed E-state index contributed by atoms with van der Waals surface area (Å²) in [7, 11) is 0. The van der Waals surface area contributed by atoms with E-state index >= 15 is 0 Å². The van der Waals surface area contributed by atoms with Gasteiger partial charge < -0.3 is 10.1 Å². The Morgan fingerprint density at radius 3 is 2.88 bits per heavy atom. The molecule has 0 fully saturated rings. The Balaban J connectivity index is 2.61. The molecule has 0 bridgehead atoms. The average Bonchev–Trinajstić information content (AvgIpc) is 2.29. The molecule has 1 aromatic rings. The first-order valence-corrected chi connectivity index (χ1v) is 6.49. The van der Waals surface area contributed by atoms with E-state index in [9.17, 15) is 4.79 Å². The number of aryl methyl sites for hydroxylation is 1. The lowest BCUT2D eigenvalue weighted by atomic mass is 10.1. The van der Waals surface area contributed by atoms with Crippen LogP contribution in [0.5, 0.6) is 0 Å². The standard InChI is InChI=1S/C13H18BrNO2/c1-4-17-10(3)8-15-13(16)12-7-11(14)6-5-9(12)2/h5-7,10H,4,8H2,1-3H3,(H,15,16). The van der Waals surface area contributed by atoms with Gasteiger partial charge in [-0.2, -0.15) is 0 Å². The van der Waals surface area contributed by atoms with E-state index in [2.05, 4.69) is 21.2 Å². The monoisotopic (exact) mass is 299 g/mol. The van der Waals surface area contributed by atoms with Gasteiger partial charge in [-0.3, -0.25) is 4.79 Å². The van der Waals surface area contributed by atoms with Gasteiger partial charge in [0.2, 0.25) is 0 Å². The first-order chi connectivity index (χ1) is 8.04. The lowest BCUT2D eigenvalue weighted by Crippen LogP contribution is -2.32. The fraction of sp³-hybridized carbons (Fsp3) is 0.462. The highest BCUT2D eigenvalue weighted by atomic mass is 79.9. The van der Waals surface area contributed by atoms with Crippen molar-refractivity contribution in [2.24, 2.45) is 0 Å². The lowest BCUT2D eigenvalue weighted by molar-refractivity contribution is 0.0695. The van der Waals surface area contributed by atoms with E-state index in [-0.39, 0.29) is 12.0 Å². The molecule has 0 spiro atoms. The summed E-state index contributed by atoms with van der Waals surface area (Å²) in [5.41, 5.74) is 1.66. The number of halogens is 1. The first kappa shape index (κ1) is 14.2. The zero-order valence-electron chi connectivity index (χ0n) is 10.4. The van der Waals surface area contributed by atoms with Crippen LogP contribution in [0, 0.1) is 6.92 Å². The summed E-state index contributed by atoms with van der Waals surface area (Å²) in [4.78, 5) is 11.9. The summed E-state index contributed by atoms with van der Waals surface area (Å²) in [5, 5.41) is 2.87. The number of carbonyl (C=O) groups is 1. The Morgan fingerprint density at radius 1 is 1.53 bits per heavy atom. The summed E-state index contributed by atoms with van der Waals surface area (Å²) in [6.45, 7) is 6.99. The van der Waals surface area contributed by atoms with Crippen LogP contribution in [0.3, 0.4) is 0 Å².